The highest BCUT2D eigenvalue weighted by atomic mass is 35.5. The first-order valence-corrected chi connectivity index (χ1v) is 8.19. The predicted octanol–water partition coefficient (Wildman–Crippen LogP) is 2.82. The number of sulfonamides is 1. The van der Waals surface area contributed by atoms with Crippen LogP contribution in [0.15, 0.2) is 23.1 Å². The van der Waals surface area contributed by atoms with E-state index in [4.69, 9.17) is 5.73 Å². The van der Waals surface area contributed by atoms with Gasteiger partial charge in [0.05, 0.1) is 10.5 Å². The monoisotopic (exact) mass is 376 g/mol. The average Bonchev–Trinajstić information content (AvgIpc) is 2.85. The summed E-state index contributed by atoms with van der Waals surface area (Å²) in [6.07, 6.45) is -2.56. The molecule has 0 unspecified atom stereocenters. The molecule has 0 atom stereocenters. The number of rotatable bonds is 4. The Morgan fingerprint density at radius 1 is 1.22 bits per heavy atom. The summed E-state index contributed by atoms with van der Waals surface area (Å²) in [4.78, 5) is -0.985. The van der Waals surface area contributed by atoms with Gasteiger partial charge >= 0.3 is 6.18 Å². The molecule has 3 N–H and O–H groups in total. The van der Waals surface area contributed by atoms with Gasteiger partial charge in [0, 0.05) is 12.1 Å². The fraction of sp³-hybridized carbons (Fsp3) is 0.538. The fourth-order valence-electron chi connectivity index (χ4n) is 2.70. The second-order valence-corrected chi connectivity index (χ2v) is 7.09. The van der Waals surface area contributed by atoms with Crippen LogP contribution in [0, 0.1) is 5.82 Å². The first kappa shape index (κ1) is 20.1. The van der Waals surface area contributed by atoms with Gasteiger partial charge in [0.1, 0.15) is 5.82 Å². The van der Waals surface area contributed by atoms with Gasteiger partial charge in [0.2, 0.25) is 10.0 Å². The first-order valence-electron chi connectivity index (χ1n) is 6.70. The fourth-order valence-corrected chi connectivity index (χ4v) is 4.38. The molecule has 1 aliphatic rings. The largest absolute Gasteiger partial charge is 0.417 e. The average molecular weight is 377 g/mol. The quantitative estimate of drug-likeness (QED) is 0.794. The lowest BCUT2D eigenvalue weighted by Crippen LogP contribution is -2.51. The molecule has 0 bridgehead atoms. The Kier molecular flexibility index (Phi) is 6.06. The molecule has 0 radical (unpaired) electrons. The Hall–Kier alpha value is -0.900. The topological polar surface area (TPSA) is 72.2 Å². The van der Waals surface area contributed by atoms with Crippen molar-refractivity contribution >= 4 is 22.4 Å². The third kappa shape index (κ3) is 4.34. The summed E-state index contributed by atoms with van der Waals surface area (Å²) >= 11 is 0. The van der Waals surface area contributed by atoms with E-state index in [0.29, 0.717) is 25.0 Å². The Balaban J connectivity index is 0.00000264. The molecule has 2 rings (SSSR count). The molecule has 1 aliphatic carbocycles. The Morgan fingerprint density at radius 3 is 2.26 bits per heavy atom. The molecular formula is C13H17ClF4N2O2S. The van der Waals surface area contributed by atoms with Crippen LogP contribution in [0.3, 0.4) is 0 Å². The minimum Gasteiger partial charge on any atom is -0.329 e. The van der Waals surface area contributed by atoms with Gasteiger partial charge < -0.3 is 5.73 Å². The van der Waals surface area contributed by atoms with E-state index in [-0.39, 0.29) is 25.0 Å². The summed E-state index contributed by atoms with van der Waals surface area (Å²) in [7, 11) is -4.46. The third-order valence-corrected chi connectivity index (χ3v) is 5.48. The van der Waals surface area contributed by atoms with Gasteiger partial charge in [-0.2, -0.15) is 13.2 Å². The van der Waals surface area contributed by atoms with Crippen LogP contribution < -0.4 is 10.5 Å². The van der Waals surface area contributed by atoms with Crippen molar-refractivity contribution in [3.8, 4) is 0 Å². The maximum Gasteiger partial charge on any atom is 0.417 e. The van der Waals surface area contributed by atoms with Gasteiger partial charge in [0.15, 0.2) is 0 Å². The van der Waals surface area contributed by atoms with Gasteiger partial charge in [0.25, 0.3) is 0 Å². The van der Waals surface area contributed by atoms with Crippen LogP contribution in [0.4, 0.5) is 17.6 Å². The Bertz CT molecular complexity index is 658. The first-order chi connectivity index (χ1) is 10.1. The third-order valence-electron chi connectivity index (χ3n) is 3.84. The zero-order valence-electron chi connectivity index (χ0n) is 12.0. The number of alkyl halides is 3. The molecule has 1 fully saturated rings. The van der Waals surface area contributed by atoms with E-state index in [1.165, 1.54) is 0 Å². The maximum absolute atomic E-state index is 13.1. The minimum absolute atomic E-state index is 0. The van der Waals surface area contributed by atoms with Crippen molar-refractivity contribution in [2.24, 2.45) is 5.73 Å². The molecule has 23 heavy (non-hydrogen) atoms. The number of halogens is 5. The zero-order chi connectivity index (χ0) is 16.6. The van der Waals surface area contributed by atoms with Crippen LogP contribution in [0.1, 0.15) is 31.2 Å². The van der Waals surface area contributed by atoms with Gasteiger partial charge in [-0.05, 0) is 31.0 Å². The molecule has 1 aromatic rings. The molecule has 0 spiro atoms. The molecule has 1 aromatic carbocycles. The van der Waals surface area contributed by atoms with Crippen LogP contribution in [0.2, 0.25) is 0 Å². The number of hydrogen-bond acceptors (Lipinski definition) is 3. The molecule has 0 aliphatic heterocycles. The minimum atomic E-state index is -4.97. The summed E-state index contributed by atoms with van der Waals surface area (Å²) in [6, 6.07) is 1.49. The molecule has 4 nitrogen and oxygen atoms in total. The molecular weight excluding hydrogens is 360 g/mol. The highest BCUT2D eigenvalue weighted by Gasteiger charge is 2.41. The molecule has 0 amide bonds. The Labute approximate surface area is 137 Å². The van der Waals surface area contributed by atoms with Gasteiger partial charge in [-0.15, -0.1) is 12.4 Å². The number of nitrogens with one attached hydrogen (secondary N) is 1. The van der Waals surface area contributed by atoms with E-state index < -0.39 is 38.0 Å². The van der Waals surface area contributed by atoms with Crippen LogP contribution in [-0.4, -0.2) is 20.5 Å². The molecule has 0 aromatic heterocycles. The van der Waals surface area contributed by atoms with Crippen LogP contribution in [-0.2, 0) is 16.2 Å². The van der Waals surface area contributed by atoms with Crippen molar-refractivity contribution in [2.75, 3.05) is 6.54 Å². The van der Waals surface area contributed by atoms with Crippen molar-refractivity contribution in [3.63, 3.8) is 0 Å². The van der Waals surface area contributed by atoms with E-state index in [9.17, 15) is 26.0 Å². The lowest BCUT2D eigenvalue weighted by atomic mass is 10.0. The van der Waals surface area contributed by atoms with E-state index in [1.54, 1.807) is 0 Å². The van der Waals surface area contributed by atoms with Crippen LogP contribution in [0.5, 0.6) is 0 Å². The number of nitrogens with two attached hydrogens (primary N) is 1. The molecule has 10 heteroatoms. The summed E-state index contributed by atoms with van der Waals surface area (Å²) in [5.41, 5.74) is 3.14. The lowest BCUT2D eigenvalue weighted by molar-refractivity contribution is -0.140. The van der Waals surface area contributed by atoms with Crippen LogP contribution >= 0.6 is 12.4 Å². The van der Waals surface area contributed by atoms with Crippen molar-refractivity contribution in [1.29, 1.82) is 0 Å². The lowest BCUT2D eigenvalue weighted by Gasteiger charge is -2.28. The second kappa shape index (κ2) is 6.92. The zero-order valence-corrected chi connectivity index (χ0v) is 13.6. The molecule has 0 saturated heterocycles. The normalized spacial score (nSPS) is 17.8. The predicted molar refractivity (Wildman–Crippen MR) is 79.2 cm³/mol. The number of benzene rings is 1. The van der Waals surface area contributed by atoms with Crippen molar-refractivity contribution in [2.45, 2.75) is 42.3 Å². The van der Waals surface area contributed by atoms with Gasteiger partial charge in [-0.1, -0.05) is 12.8 Å². The summed E-state index contributed by atoms with van der Waals surface area (Å²) in [5.74, 6) is -1.15. The van der Waals surface area contributed by atoms with Gasteiger partial charge in [-0.3, -0.25) is 0 Å². The van der Waals surface area contributed by atoms with Crippen molar-refractivity contribution in [3.05, 3.63) is 29.6 Å². The van der Waals surface area contributed by atoms with Crippen LogP contribution in [0.25, 0.3) is 0 Å². The Morgan fingerprint density at radius 2 is 1.78 bits per heavy atom. The van der Waals surface area contributed by atoms with E-state index >= 15 is 0 Å². The summed E-state index contributed by atoms with van der Waals surface area (Å²) in [6.45, 7) is -0.00518. The van der Waals surface area contributed by atoms with Gasteiger partial charge in [-0.25, -0.2) is 17.5 Å². The summed E-state index contributed by atoms with van der Waals surface area (Å²) in [5, 5.41) is 0. The van der Waals surface area contributed by atoms with E-state index in [1.807, 2.05) is 0 Å². The van der Waals surface area contributed by atoms with Crippen molar-refractivity contribution in [1.82, 2.24) is 4.72 Å². The molecule has 1 saturated carbocycles. The smallest absolute Gasteiger partial charge is 0.329 e. The highest BCUT2D eigenvalue weighted by Crippen LogP contribution is 2.36. The maximum atomic E-state index is 13.1. The molecule has 132 valence electrons. The highest BCUT2D eigenvalue weighted by molar-refractivity contribution is 7.89. The SMILES string of the molecule is Cl.NCC1(NS(=O)(=O)c2ccc(F)cc2C(F)(F)F)CCCC1. The van der Waals surface area contributed by atoms with Crippen molar-refractivity contribution < 1.29 is 26.0 Å². The van der Waals surface area contributed by atoms with E-state index in [2.05, 4.69) is 4.72 Å². The number of hydrogen-bond donors (Lipinski definition) is 2. The standard InChI is InChI=1S/C13H16F4N2O2S.ClH/c14-9-3-4-11(10(7-9)13(15,16)17)22(20,21)19-12(8-18)5-1-2-6-12;/h3-4,7,19H,1-2,5-6,8,18H2;1H. The summed E-state index contributed by atoms with van der Waals surface area (Å²) < 4.78 is 79.0. The molecule has 0 heterocycles. The van der Waals surface area contributed by atoms with E-state index in [0.717, 1.165) is 12.8 Å². The second-order valence-electron chi connectivity index (χ2n) is 5.44.